The number of aromatic nitrogens is 2. The van der Waals surface area contributed by atoms with E-state index in [-0.39, 0.29) is 11.6 Å². The third-order valence-electron chi connectivity index (χ3n) is 5.01. The first-order valence-corrected chi connectivity index (χ1v) is 9.40. The van der Waals surface area contributed by atoms with E-state index < -0.39 is 13.0 Å². The van der Waals surface area contributed by atoms with Crippen molar-refractivity contribution in [3.63, 3.8) is 0 Å². The van der Waals surface area contributed by atoms with Crippen molar-refractivity contribution in [2.24, 2.45) is 11.7 Å². The number of carbonyl (C=O) groups excluding carboxylic acids is 1. The lowest BCUT2D eigenvalue weighted by Gasteiger charge is -2.28. The molecule has 0 spiro atoms. The molecule has 28 heavy (non-hydrogen) atoms. The minimum absolute atomic E-state index is 0.0346. The molecule has 1 aromatic carbocycles. The smallest absolute Gasteiger partial charge is 0.531 e. The van der Waals surface area contributed by atoms with Gasteiger partial charge in [-0.25, -0.2) is 0 Å². The van der Waals surface area contributed by atoms with Gasteiger partial charge in [0.05, 0.1) is 17.7 Å². The maximum Gasteiger partial charge on any atom is 0.552 e. The Morgan fingerprint density at radius 1 is 1.50 bits per heavy atom. The van der Waals surface area contributed by atoms with Crippen molar-refractivity contribution < 1.29 is 19.2 Å². The van der Waals surface area contributed by atoms with Gasteiger partial charge in [0.25, 0.3) is 5.91 Å². The van der Waals surface area contributed by atoms with Crippen LogP contribution in [0.5, 0.6) is 5.75 Å². The predicted octanol–water partition coefficient (Wildman–Crippen LogP) is 2.40. The SMILES string of the molecule is C[C@H]1CCOC[C@@H]1n1cc(C(N)=O)c(Nc2cc(Cl)c3c(c2)C=CB(O)O3)n1. The number of hydrogen-bond acceptors (Lipinski definition) is 6. The van der Waals surface area contributed by atoms with Crippen LogP contribution in [0, 0.1) is 5.92 Å². The summed E-state index contributed by atoms with van der Waals surface area (Å²) < 4.78 is 12.6. The van der Waals surface area contributed by atoms with E-state index in [1.54, 1.807) is 29.1 Å². The number of rotatable bonds is 4. The minimum Gasteiger partial charge on any atom is -0.531 e. The highest BCUT2D eigenvalue weighted by Crippen LogP contribution is 2.37. The molecule has 146 valence electrons. The zero-order chi connectivity index (χ0) is 19.8. The lowest BCUT2D eigenvalue weighted by molar-refractivity contribution is 0.0238. The van der Waals surface area contributed by atoms with Crippen molar-refractivity contribution in [3.8, 4) is 5.75 Å². The fraction of sp³-hybridized carbons (Fsp3) is 0.333. The Labute approximate surface area is 167 Å². The second kappa shape index (κ2) is 7.50. The van der Waals surface area contributed by atoms with Gasteiger partial charge in [-0.05, 0) is 30.4 Å². The number of anilines is 2. The predicted molar refractivity (Wildman–Crippen MR) is 107 cm³/mol. The largest absolute Gasteiger partial charge is 0.552 e. The van der Waals surface area contributed by atoms with E-state index in [4.69, 9.17) is 26.7 Å². The van der Waals surface area contributed by atoms with Crippen LogP contribution in [0.2, 0.25) is 5.02 Å². The number of carbonyl (C=O) groups is 1. The highest BCUT2D eigenvalue weighted by atomic mass is 35.5. The molecule has 0 bridgehead atoms. The molecule has 2 aliphatic heterocycles. The molecule has 0 unspecified atom stereocenters. The number of benzene rings is 1. The van der Waals surface area contributed by atoms with Gasteiger partial charge in [-0.1, -0.05) is 24.6 Å². The van der Waals surface area contributed by atoms with Crippen LogP contribution in [0.15, 0.2) is 24.3 Å². The summed E-state index contributed by atoms with van der Waals surface area (Å²) in [7, 11) is -1.03. The standard InChI is InChI=1S/C18H20BClN4O4/c1-10-3-5-27-9-15(10)24-8-13(17(21)25)18(23-24)22-12-6-11-2-4-19(26)28-16(11)14(20)7-12/h2,4,6-8,10,15,26H,3,5,9H2,1H3,(H2,21,25)(H,22,23)/t10-,15-/m0/s1. The molecule has 10 heteroatoms. The number of amides is 1. The van der Waals surface area contributed by atoms with Crippen molar-refractivity contribution in [1.82, 2.24) is 9.78 Å². The van der Waals surface area contributed by atoms with E-state index in [0.717, 1.165) is 13.0 Å². The molecule has 1 fully saturated rings. The number of fused-ring (bicyclic) bond motifs is 1. The van der Waals surface area contributed by atoms with Gasteiger partial charge in [0.15, 0.2) is 5.82 Å². The van der Waals surface area contributed by atoms with Crippen molar-refractivity contribution in [2.75, 3.05) is 18.5 Å². The molecule has 4 N–H and O–H groups in total. The first-order valence-electron chi connectivity index (χ1n) is 9.02. The summed E-state index contributed by atoms with van der Waals surface area (Å²) in [5.74, 6) is 2.05. The number of primary amides is 1. The molecule has 0 aliphatic carbocycles. The van der Waals surface area contributed by atoms with Gasteiger partial charge >= 0.3 is 7.12 Å². The first-order chi connectivity index (χ1) is 13.4. The van der Waals surface area contributed by atoms with E-state index in [9.17, 15) is 9.82 Å². The Bertz CT molecular complexity index is 948. The summed E-state index contributed by atoms with van der Waals surface area (Å²) >= 11 is 6.28. The van der Waals surface area contributed by atoms with Gasteiger partial charge in [0, 0.05) is 24.1 Å². The average Bonchev–Trinajstić information content (AvgIpc) is 3.06. The second-order valence-corrected chi connectivity index (χ2v) is 7.42. The molecule has 2 atom stereocenters. The van der Waals surface area contributed by atoms with Crippen molar-refractivity contribution in [3.05, 3.63) is 40.5 Å². The number of ether oxygens (including phenoxy) is 1. The number of halogens is 1. The van der Waals surface area contributed by atoms with Crippen molar-refractivity contribution >= 4 is 42.2 Å². The highest BCUT2D eigenvalue weighted by Gasteiger charge is 2.27. The molecule has 4 rings (SSSR count). The third kappa shape index (κ3) is 3.60. The van der Waals surface area contributed by atoms with E-state index in [2.05, 4.69) is 17.3 Å². The molecule has 1 amide bonds. The van der Waals surface area contributed by atoms with Crippen LogP contribution < -0.4 is 15.7 Å². The van der Waals surface area contributed by atoms with Crippen molar-refractivity contribution in [1.29, 1.82) is 0 Å². The summed E-state index contributed by atoms with van der Waals surface area (Å²) in [6.07, 6.45) is 4.30. The number of hydrogen-bond donors (Lipinski definition) is 3. The van der Waals surface area contributed by atoms with Crippen molar-refractivity contribution in [2.45, 2.75) is 19.4 Å². The van der Waals surface area contributed by atoms with Crippen LogP contribution in [0.1, 0.15) is 35.3 Å². The van der Waals surface area contributed by atoms with E-state index in [0.29, 0.717) is 40.4 Å². The monoisotopic (exact) mass is 402 g/mol. The third-order valence-corrected chi connectivity index (χ3v) is 5.30. The quantitative estimate of drug-likeness (QED) is 0.677. The maximum atomic E-state index is 11.9. The van der Waals surface area contributed by atoms with Gasteiger partial charge in [-0.15, -0.1) is 0 Å². The normalized spacial score (nSPS) is 21.2. The molecule has 3 heterocycles. The lowest BCUT2D eigenvalue weighted by Crippen LogP contribution is -2.28. The molecule has 8 nitrogen and oxygen atoms in total. The van der Waals surface area contributed by atoms with E-state index >= 15 is 0 Å². The van der Waals surface area contributed by atoms with Gasteiger partial charge in [0.1, 0.15) is 11.3 Å². The molecule has 1 aromatic heterocycles. The highest BCUT2D eigenvalue weighted by molar-refractivity contribution is 6.52. The average molecular weight is 403 g/mol. The van der Waals surface area contributed by atoms with Gasteiger partial charge < -0.3 is 25.5 Å². The van der Waals surface area contributed by atoms with Crippen LogP contribution in [-0.4, -0.2) is 41.0 Å². The van der Waals surface area contributed by atoms with Crippen LogP contribution in [0.3, 0.4) is 0 Å². The summed E-state index contributed by atoms with van der Waals surface area (Å²) in [6.45, 7) is 3.40. The zero-order valence-corrected chi connectivity index (χ0v) is 16.0. The Hall–Kier alpha value is -2.49. The number of nitrogens with one attached hydrogen (secondary N) is 1. The Balaban J connectivity index is 1.66. The van der Waals surface area contributed by atoms with Gasteiger partial charge in [-0.3, -0.25) is 9.48 Å². The molecular formula is C18H20BClN4O4. The number of nitrogens with two attached hydrogens (primary N) is 1. The maximum absolute atomic E-state index is 11.9. The summed E-state index contributed by atoms with van der Waals surface area (Å²) in [5, 5.41) is 17.6. The minimum atomic E-state index is -1.03. The molecular weight excluding hydrogens is 382 g/mol. The first kappa shape index (κ1) is 18.9. The topological polar surface area (TPSA) is 112 Å². The molecule has 0 radical (unpaired) electrons. The summed E-state index contributed by atoms with van der Waals surface area (Å²) in [5.41, 5.74) is 7.16. The molecule has 2 aliphatic rings. The zero-order valence-electron chi connectivity index (χ0n) is 15.3. The van der Waals surface area contributed by atoms with Crippen LogP contribution in [0.25, 0.3) is 6.08 Å². The molecule has 0 saturated carbocycles. The second-order valence-electron chi connectivity index (χ2n) is 7.01. The fourth-order valence-electron chi connectivity index (χ4n) is 3.42. The molecule has 2 aromatic rings. The van der Waals surface area contributed by atoms with E-state index in [1.165, 1.54) is 5.98 Å². The number of nitrogens with zero attached hydrogens (tertiary/aromatic N) is 2. The van der Waals surface area contributed by atoms with Gasteiger partial charge in [0.2, 0.25) is 0 Å². The molecule has 1 saturated heterocycles. The summed E-state index contributed by atoms with van der Waals surface area (Å²) in [6, 6.07) is 3.47. The van der Waals surface area contributed by atoms with Gasteiger partial charge in [-0.2, -0.15) is 5.10 Å². The lowest BCUT2D eigenvalue weighted by atomic mass is 9.86. The Morgan fingerprint density at radius 2 is 2.32 bits per heavy atom. The Morgan fingerprint density at radius 3 is 3.07 bits per heavy atom. The van der Waals surface area contributed by atoms with Crippen LogP contribution >= 0.6 is 11.6 Å². The van der Waals surface area contributed by atoms with Crippen LogP contribution in [-0.2, 0) is 4.74 Å². The van der Waals surface area contributed by atoms with E-state index in [1.807, 2.05) is 0 Å². The fourth-order valence-corrected chi connectivity index (χ4v) is 3.69. The Kier molecular flexibility index (Phi) is 5.05. The van der Waals surface area contributed by atoms with Crippen LogP contribution in [0.4, 0.5) is 11.5 Å². The summed E-state index contributed by atoms with van der Waals surface area (Å²) in [4.78, 5) is 11.9.